The number of aromatic nitrogens is 1. The molecule has 1 aromatic rings. The highest BCUT2D eigenvalue weighted by Gasteiger charge is 1.99. The van der Waals surface area contributed by atoms with Gasteiger partial charge in [0.2, 0.25) is 0 Å². The van der Waals surface area contributed by atoms with Crippen LogP contribution in [-0.4, -0.2) is 4.57 Å². The summed E-state index contributed by atoms with van der Waals surface area (Å²) in [5.74, 6) is 0. The molecule has 0 aromatic carbocycles. The summed E-state index contributed by atoms with van der Waals surface area (Å²) in [6.45, 7) is 0.947. The molecule has 8 heavy (non-hydrogen) atoms. The minimum Gasteiger partial charge on any atom is -0.335 e. The third kappa shape index (κ3) is 0.360. The molecule has 2 rings (SSSR count). The van der Waals surface area contributed by atoms with Crippen LogP contribution in [0.15, 0.2) is 18.2 Å². The average Bonchev–Trinajstić information content (AvgIpc) is 2.15. The number of rotatable bonds is 0. The van der Waals surface area contributed by atoms with E-state index in [4.69, 9.17) is 0 Å². The Balaban J connectivity index is 2.67. The van der Waals surface area contributed by atoms with E-state index in [0.717, 1.165) is 12.2 Å². The van der Waals surface area contributed by atoms with Crippen LogP contribution in [0.1, 0.15) is 5.69 Å². The second-order valence-corrected chi connectivity index (χ2v) is 1.81. The highest BCUT2D eigenvalue weighted by molar-refractivity contribution is 5.19. The summed E-state index contributed by atoms with van der Waals surface area (Å²) >= 11 is 0. The van der Waals surface area contributed by atoms with Crippen LogP contribution in [-0.2, 0) is 6.54 Å². The molecule has 38 valence electrons. The molecule has 0 bridgehead atoms. The summed E-state index contributed by atoms with van der Waals surface area (Å²) in [6.07, 6.45) is 8.13. The van der Waals surface area contributed by atoms with Gasteiger partial charge in [0, 0.05) is 18.3 Å². The second-order valence-electron chi connectivity index (χ2n) is 1.81. The Kier molecular flexibility index (Phi) is 0.618. The van der Waals surface area contributed by atoms with Gasteiger partial charge in [-0.1, -0.05) is 6.08 Å². The molecule has 1 aliphatic heterocycles. The van der Waals surface area contributed by atoms with Crippen molar-refractivity contribution in [1.29, 1.82) is 0 Å². The third-order valence-electron chi connectivity index (χ3n) is 1.29. The first-order valence-electron chi connectivity index (χ1n) is 2.62. The van der Waals surface area contributed by atoms with Crippen molar-refractivity contribution in [3.05, 3.63) is 36.2 Å². The zero-order valence-electron chi connectivity index (χ0n) is 4.39. The van der Waals surface area contributed by atoms with E-state index in [1.807, 2.05) is 22.8 Å². The first-order chi connectivity index (χ1) is 3.97. The molecule has 1 aromatic heterocycles. The van der Waals surface area contributed by atoms with Crippen LogP contribution in [0.5, 0.6) is 0 Å². The largest absolute Gasteiger partial charge is 0.335 e. The molecule has 2 heterocycles. The van der Waals surface area contributed by atoms with Crippen LogP contribution in [0.25, 0.3) is 0 Å². The van der Waals surface area contributed by atoms with Crippen molar-refractivity contribution in [2.24, 2.45) is 0 Å². The summed E-state index contributed by atoms with van der Waals surface area (Å²) in [6, 6.07) is 3.92. The molecule has 0 saturated heterocycles. The van der Waals surface area contributed by atoms with Gasteiger partial charge in [-0.25, -0.2) is 0 Å². The maximum Gasteiger partial charge on any atom is 0.0656 e. The molecule has 0 saturated carbocycles. The van der Waals surface area contributed by atoms with Gasteiger partial charge < -0.3 is 4.57 Å². The van der Waals surface area contributed by atoms with E-state index in [0.29, 0.717) is 0 Å². The predicted molar refractivity (Wildman–Crippen MR) is 30.2 cm³/mol. The van der Waals surface area contributed by atoms with Gasteiger partial charge in [0.05, 0.1) is 6.20 Å². The number of allylic oxidation sites excluding steroid dienone is 1. The van der Waals surface area contributed by atoms with Crippen LogP contribution in [0.4, 0.5) is 0 Å². The predicted octanol–water partition coefficient (Wildman–Crippen LogP) is 1.01. The zero-order valence-corrected chi connectivity index (χ0v) is 4.39. The fourth-order valence-corrected chi connectivity index (χ4v) is 0.884. The first kappa shape index (κ1) is 3.96. The Bertz CT molecular complexity index is 220. The van der Waals surface area contributed by atoms with Crippen molar-refractivity contribution in [2.45, 2.75) is 6.54 Å². The minimum absolute atomic E-state index is 0.947. The Morgan fingerprint density at radius 2 is 2.62 bits per heavy atom. The molecule has 0 atom stereocenters. The van der Waals surface area contributed by atoms with E-state index in [-0.39, 0.29) is 0 Å². The smallest absolute Gasteiger partial charge is 0.0656 e. The highest BCUT2D eigenvalue weighted by Crippen LogP contribution is 2.07. The summed E-state index contributed by atoms with van der Waals surface area (Å²) in [5, 5.41) is 0. The quantitative estimate of drug-likeness (QED) is 0.462. The van der Waals surface area contributed by atoms with Crippen molar-refractivity contribution >= 4 is 0 Å². The maximum absolute atomic E-state index is 3.09. The minimum atomic E-state index is 0.947. The van der Waals surface area contributed by atoms with E-state index < -0.39 is 0 Å². The number of fused-ring (bicyclic) bond motifs is 1. The van der Waals surface area contributed by atoms with Gasteiger partial charge in [-0.05, 0) is 12.1 Å². The fourth-order valence-electron chi connectivity index (χ4n) is 0.884. The molecular weight excluding hydrogens is 98.1 g/mol. The van der Waals surface area contributed by atoms with Crippen molar-refractivity contribution < 1.29 is 0 Å². The summed E-state index contributed by atoms with van der Waals surface area (Å²) in [5.41, 5.74) is 1.14. The molecular formula is C7H5N. The van der Waals surface area contributed by atoms with Crippen LogP contribution in [0, 0.1) is 12.3 Å². The molecule has 1 aliphatic rings. The number of nitrogens with zero attached hydrogens (tertiary/aromatic N) is 1. The molecule has 0 amide bonds. The number of hydrogen-bond donors (Lipinski definition) is 0. The second kappa shape index (κ2) is 1.25. The van der Waals surface area contributed by atoms with Gasteiger partial charge in [-0.15, -0.1) is 0 Å². The van der Waals surface area contributed by atoms with Crippen LogP contribution >= 0.6 is 0 Å². The Labute approximate surface area is 48.2 Å². The number of hydrogen-bond acceptors (Lipinski definition) is 0. The normalized spacial score (nSPS) is 14.5. The monoisotopic (exact) mass is 103 g/mol. The van der Waals surface area contributed by atoms with E-state index in [1.165, 1.54) is 0 Å². The van der Waals surface area contributed by atoms with Gasteiger partial charge >= 0.3 is 0 Å². The first-order valence-corrected chi connectivity index (χ1v) is 2.62. The lowest BCUT2D eigenvalue weighted by molar-refractivity contribution is 0.839. The van der Waals surface area contributed by atoms with E-state index in [1.54, 1.807) is 0 Å². The lowest BCUT2D eigenvalue weighted by atomic mass is 10.4. The average molecular weight is 103 g/mol. The van der Waals surface area contributed by atoms with Crippen molar-refractivity contribution in [3.8, 4) is 0 Å². The Morgan fingerprint density at radius 1 is 1.62 bits per heavy atom. The van der Waals surface area contributed by atoms with Gasteiger partial charge in [0.25, 0.3) is 0 Å². The maximum atomic E-state index is 3.09. The molecule has 1 nitrogen and oxygen atoms in total. The summed E-state index contributed by atoms with van der Waals surface area (Å²) < 4.78 is 2.03. The zero-order chi connectivity index (χ0) is 5.40. The molecule has 0 aliphatic carbocycles. The van der Waals surface area contributed by atoms with Crippen molar-refractivity contribution in [1.82, 2.24) is 4.57 Å². The highest BCUT2D eigenvalue weighted by atomic mass is 15.0. The van der Waals surface area contributed by atoms with E-state index in [9.17, 15) is 0 Å². The molecule has 1 heteroatoms. The lowest BCUT2D eigenvalue weighted by Gasteiger charge is -1.89. The SMILES string of the molecule is [C]1=CCn2[c]ccc21. The van der Waals surface area contributed by atoms with Crippen molar-refractivity contribution in [3.63, 3.8) is 0 Å². The molecule has 2 radical (unpaired) electrons. The van der Waals surface area contributed by atoms with Gasteiger partial charge in [-0.3, -0.25) is 0 Å². The topological polar surface area (TPSA) is 4.93 Å². The van der Waals surface area contributed by atoms with Crippen molar-refractivity contribution in [2.75, 3.05) is 0 Å². The summed E-state index contributed by atoms with van der Waals surface area (Å²) in [4.78, 5) is 0. The molecule has 0 spiro atoms. The van der Waals surface area contributed by atoms with E-state index in [2.05, 4.69) is 12.3 Å². The van der Waals surface area contributed by atoms with Gasteiger partial charge in [-0.2, -0.15) is 0 Å². The summed E-state index contributed by atoms with van der Waals surface area (Å²) in [7, 11) is 0. The lowest BCUT2D eigenvalue weighted by Crippen LogP contribution is -1.87. The third-order valence-corrected chi connectivity index (χ3v) is 1.29. The fraction of sp³-hybridized carbons (Fsp3) is 0.143. The van der Waals surface area contributed by atoms with E-state index >= 15 is 0 Å². The Hall–Kier alpha value is -0.980. The van der Waals surface area contributed by atoms with Gasteiger partial charge in [0.1, 0.15) is 0 Å². The van der Waals surface area contributed by atoms with Gasteiger partial charge in [0.15, 0.2) is 0 Å². The molecule has 0 N–H and O–H groups in total. The van der Waals surface area contributed by atoms with Crippen LogP contribution < -0.4 is 0 Å². The molecule has 0 fully saturated rings. The standard InChI is InChI=1S/C7H5N/c1-3-7-4-2-6-8(7)5-1/h1-3H,6H2. The Morgan fingerprint density at radius 3 is 3.50 bits per heavy atom. The van der Waals surface area contributed by atoms with Crippen LogP contribution in [0.3, 0.4) is 0 Å². The molecule has 0 unspecified atom stereocenters. The van der Waals surface area contributed by atoms with Crippen LogP contribution in [0.2, 0.25) is 0 Å².